The topological polar surface area (TPSA) is 79.2 Å². The molecule has 8 heteroatoms. The molecule has 0 saturated carbocycles. The minimum atomic E-state index is -0.0755. The van der Waals surface area contributed by atoms with Crippen LogP contribution >= 0.6 is 0 Å². The average molecular weight is 365 g/mol. The monoisotopic (exact) mass is 365 g/mol. The molecule has 0 unspecified atom stereocenters. The number of aryl methyl sites for hydroxylation is 2. The Bertz CT molecular complexity index is 989. The van der Waals surface area contributed by atoms with Gasteiger partial charge in [0.1, 0.15) is 12.1 Å². The highest BCUT2D eigenvalue weighted by atomic mass is 16.2. The van der Waals surface area contributed by atoms with Crippen molar-refractivity contribution in [2.75, 3.05) is 36.4 Å². The Labute approximate surface area is 157 Å². The summed E-state index contributed by atoms with van der Waals surface area (Å²) in [6.45, 7) is 6.85. The summed E-state index contributed by atoms with van der Waals surface area (Å²) in [5.41, 5.74) is 3.91. The standard InChI is InChI=1S/C19H23N7O/c1-13-14(2)20-12-21-18(13)25-6-8-26(9-7-25)19(27)23-16-4-5-17-15(10-16)11-22-24(17)3/h4-5,10-12H,6-9H2,1-3H3,(H,23,27). The number of anilines is 2. The van der Waals surface area contributed by atoms with Crippen LogP contribution in [0.2, 0.25) is 0 Å². The second kappa shape index (κ2) is 6.86. The van der Waals surface area contributed by atoms with Crippen LogP contribution in [0.5, 0.6) is 0 Å². The predicted octanol–water partition coefficient (Wildman–Crippen LogP) is 2.33. The van der Waals surface area contributed by atoms with Crippen LogP contribution in [0.3, 0.4) is 0 Å². The fraction of sp³-hybridized carbons (Fsp3) is 0.368. The van der Waals surface area contributed by atoms with Crippen LogP contribution < -0.4 is 10.2 Å². The van der Waals surface area contributed by atoms with Crippen molar-refractivity contribution in [1.29, 1.82) is 0 Å². The van der Waals surface area contributed by atoms with Gasteiger partial charge in [-0.2, -0.15) is 5.10 Å². The van der Waals surface area contributed by atoms with Crippen molar-refractivity contribution in [3.63, 3.8) is 0 Å². The van der Waals surface area contributed by atoms with Crippen LogP contribution in [-0.4, -0.2) is 56.9 Å². The Kier molecular flexibility index (Phi) is 4.39. The van der Waals surface area contributed by atoms with Gasteiger partial charge in [0, 0.05) is 55.6 Å². The highest BCUT2D eigenvalue weighted by Gasteiger charge is 2.23. The van der Waals surface area contributed by atoms with Gasteiger partial charge in [-0.15, -0.1) is 0 Å². The van der Waals surface area contributed by atoms with Crippen molar-refractivity contribution in [1.82, 2.24) is 24.6 Å². The molecule has 0 radical (unpaired) electrons. The minimum Gasteiger partial charge on any atom is -0.353 e. The van der Waals surface area contributed by atoms with E-state index in [0.29, 0.717) is 13.1 Å². The van der Waals surface area contributed by atoms with Crippen LogP contribution in [0.4, 0.5) is 16.3 Å². The van der Waals surface area contributed by atoms with Crippen molar-refractivity contribution in [3.8, 4) is 0 Å². The number of rotatable bonds is 2. The van der Waals surface area contributed by atoms with E-state index in [-0.39, 0.29) is 6.03 Å². The molecule has 0 bridgehead atoms. The maximum absolute atomic E-state index is 12.6. The lowest BCUT2D eigenvalue weighted by Gasteiger charge is -2.36. The van der Waals surface area contributed by atoms with E-state index in [2.05, 4.69) is 25.3 Å². The van der Waals surface area contributed by atoms with E-state index >= 15 is 0 Å². The fourth-order valence-electron chi connectivity index (χ4n) is 3.41. The molecular formula is C19H23N7O. The van der Waals surface area contributed by atoms with Crippen molar-refractivity contribution in [2.45, 2.75) is 13.8 Å². The summed E-state index contributed by atoms with van der Waals surface area (Å²) in [6.07, 6.45) is 3.40. The molecule has 1 aliphatic rings. The number of nitrogens with one attached hydrogen (secondary N) is 1. The summed E-state index contributed by atoms with van der Waals surface area (Å²) >= 11 is 0. The quantitative estimate of drug-likeness (QED) is 0.754. The maximum Gasteiger partial charge on any atom is 0.321 e. The predicted molar refractivity (Wildman–Crippen MR) is 105 cm³/mol. The van der Waals surface area contributed by atoms with Gasteiger partial charge in [-0.25, -0.2) is 14.8 Å². The zero-order valence-electron chi connectivity index (χ0n) is 15.8. The third-order valence-corrected chi connectivity index (χ3v) is 5.17. The van der Waals surface area contributed by atoms with E-state index < -0.39 is 0 Å². The number of aromatic nitrogens is 4. The Balaban J connectivity index is 1.40. The first kappa shape index (κ1) is 17.3. The first-order valence-electron chi connectivity index (χ1n) is 9.04. The van der Waals surface area contributed by atoms with Gasteiger partial charge >= 0.3 is 6.03 Å². The lowest BCUT2D eigenvalue weighted by molar-refractivity contribution is 0.208. The lowest BCUT2D eigenvalue weighted by atomic mass is 10.2. The summed E-state index contributed by atoms with van der Waals surface area (Å²) in [5, 5.41) is 8.24. The smallest absolute Gasteiger partial charge is 0.321 e. The second-order valence-electron chi connectivity index (χ2n) is 6.85. The number of fused-ring (bicyclic) bond motifs is 1. The molecule has 27 heavy (non-hydrogen) atoms. The van der Waals surface area contributed by atoms with E-state index in [1.165, 1.54) is 0 Å². The van der Waals surface area contributed by atoms with Crippen molar-refractivity contribution < 1.29 is 4.79 Å². The molecule has 0 spiro atoms. The molecule has 4 rings (SSSR count). The Morgan fingerprint density at radius 1 is 1.11 bits per heavy atom. The average Bonchev–Trinajstić information content (AvgIpc) is 3.04. The number of benzene rings is 1. The first-order chi connectivity index (χ1) is 13.0. The normalized spacial score (nSPS) is 14.6. The summed E-state index contributed by atoms with van der Waals surface area (Å²) in [5.74, 6) is 0.963. The SMILES string of the molecule is Cc1ncnc(N2CCN(C(=O)Nc3ccc4c(cnn4C)c3)CC2)c1C. The summed E-state index contributed by atoms with van der Waals surface area (Å²) < 4.78 is 1.82. The van der Waals surface area contributed by atoms with E-state index in [1.807, 2.05) is 48.7 Å². The molecule has 1 aromatic carbocycles. The number of nitrogens with zero attached hydrogens (tertiary/aromatic N) is 6. The lowest BCUT2D eigenvalue weighted by Crippen LogP contribution is -2.50. The number of hydrogen-bond acceptors (Lipinski definition) is 5. The molecule has 0 aliphatic carbocycles. The van der Waals surface area contributed by atoms with E-state index in [0.717, 1.165) is 46.8 Å². The summed E-state index contributed by atoms with van der Waals surface area (Å²) in [7, 11) is 1.90. The molecule has 3 heterocycles. The molecule has 140 valence electrons. The summed E-state index contributed by atoms with van der Waals surface area (Å²) in [6, 6.07) is 5.75. The van der Waals surface area contributed by atoms with Gasteiger partial charge < -0.3 is 15.1 Å². The van der Waals surface area contributed by atoms with E-state index in [9.17, 15) is 4.79 Å². The Morgan fingerprint density at radius 2 is 1.89 bits per heavy atom. The van der Waals surface area contributed by atoms with Crippen LogP contribution in [0.25, 0.3) is 10.9 Å². The zero-order valence-corrected chi connectivity index (χ0v) is 15.8. The molecule has 0 atom stereocenters. The van der Waals surface area contributed by atoms with Crippen molar-refractivity contribution in [3.05, 3.63) is 42.0 Å². The third kappa shape index (κ3) is 3.30. The van der Waals surface area contributed by atoms with Crippen molar-refractivity contribution >= 4 is 28.4 Å². The van der Waals surface area contributed by atoms with Gasteiger partial charge in [0.05, 0.1) is 11.7 Å². The largest absolute Gasteiger partial charge is 0.353 e. The van der Waals surface area contributed by atoms with E-state index in [1.54, 1.807) is 12.5 Å². The number of amides is 2. The summed E-state index contributed by atoms with van der Waals surface area (Å²) in [4.78, 5) is 25.3. The molecule has 1 N–H and O–H groups in total. The van der Waals surface area contributed by atoms with Gasteiger partial charge in [-0.1, -0.05) is 0 Å². The molecule has 1 aliphatic heterocycles. The van der Waals surface area contributed by atoms with Gasteiger partial charge in [-0.3, -0.25) is 4.68 Å². The first-order valence-corrected chi connectivity index (χ1v) is 9.04. The molecule has 1 fully saturated rings. The number of carbonyl (C=O) groups is 1. The highest BCUT2D eigenvalue weighted by molar-refractivity contribution is 5.92. The number of carbonyl (C=O) groups excluding carboxylic acids is 1. The van der Waals surface area contributed by atoms with Gasteiger partial charge in [0.2, 0.25) is 0 Å². The molecule has 2 aromatic heterocycles. The fourth-order valence-corrected chi connectivity index (χ4v) is 3.41. The van der Waals surface area contributed by atoms with Gasteiger partial charge in [-0.05, 0) is 32.0 Å². The van der Waals surface area contributed by atoms with Crippen molar-refractivity contribution in [2.24, 2.45) is 7.05 Å². The van der Waals surface area contributed by atoms with Crippen LogP contribution in [0.15, 0.2) is 30.7 Å². The number of hydrogen-bond donors (Lipinski definition) is 1. The zero-order chi connectivity index (χ0) is 19.0. The second-order valence-corrected chi connectivity index (χ2v) is 6.85. The number of urea groups is 1. The van der Waals surface area contributed by atoms with Crippen LogP contribution in [0, 0.1) is 13.8 Å². The molecule has 1 saturated heterocycles. The van der Waals surface area contributed by atoms with Crippen LogP contribution in [0.1, 0.15) is 11.3 Å². The van der Waals surface area contributed by atoms with Gasteiger partial charge in [0.15, 0.2) is 0 Å². The Morgan fingerprint density at radius 3 is 2.67 bits per heavy atom. The number of piperazine rings is 1. The highest BCUT2D eigenvalue weighted by Crippen LogP contribution is 2.21. The van der Waals surface area contributed by atoms with Gasteiger partial charge in [0.25, 0.3) is 0 Å². The molecular weight excluding hydrogens is 342 g/mol. The molecule has 8 nitrogen and oxygen atoms in total. The molecule has 2 amide bonds. The van der Waals surface area contributed by atoms with Crippen LogP contribution in [-0.2, 0) is 7.05 Å². The maximum atomic E-state index is 12.6. The van der Waals surface area contributed by atoms with E-state index in [4.69, 9.17) is 0 Å². The minimum absolute atomic E-state index is 0.0755. The Hall–Kier alpha value is -3.16. The molecule has 3 aromatic rings. The third-order valence-electron chi connectivity index (χ3n) is 5.17.